The van der Waals surface area contributed by atoms with Crippen molar-refractivity contribution in [3.8, 4) is 23.0 Å². The Kier molecular flexibility index (Phi) is 8.37. The molecule has 0 radical (unpaired) electrons. The zero-order valence-electron chi connectivity index (χ0n) is 19.4. The van der Waals surface area contributed by atoms with Crippen LogP contribution in [0, 0.1) is 3.57 Å². The van der Waals surface area contributed by atoms with Gasteiger partial charge >= 0.3 is 0 Å². The summed E-state index contributed by atoms with van der Waals surface area (Å²) in [6.45, 7) is 6.16. The lowest BCUT2D eigenvalue weighted by atomic mass is 10.1. The average Bonchev–Trinajstić information content (AvgIpc) is 2.79. The minimum absolute atomic E-state index is 0.0408. The first kappa shape index (κ1) is 25.8. The molecule has 1 aliphatic heterocycles. The van der Waals surface area contributed by atoms with Crippen molar-refractivity contribution >= 4 is 63.5 Å². The maximum atomic E-state index is 13.4. The highest BCUT2D eigenvalue weighted by Crippen LogP contribution is 2.37. The van der Waals surface area contributed by atoms with E-state index in [1.54, 1.807) is 24.3 Å². The number of benzene rings is 2. The SMILES string of the molecule is CCOc1cc(/C=C2\C(=O)NC(=S)N(c3ccc(OC)cc3OC)C2=O)cc(I)c1OC(C)C. The third-order valence-corrected chi connectivity index (χ3v) is 5.81. The van der Waals surface area contributed by atoms with Crippen LogP contribution in [0.15, 0.2) is 35.9 Å². The number of halogens is 1. The van der Waals surface area contributed by atoms with Crippen molar-refractivity contribution in [1.29, 1.82) is 0 Å². The minimum Gasteiger partial charge on any atom is -0.497 e. The van der Waals surface area contributed by atoms with E-state index in [2.05, 4.69) is 27.9 Å². The first-order valence-corrected chi connectivity index (χ1v) is 11.9. The third kappa shape index (κ3) is 5.44. The van der Waals surface area contributed by atoms with Gasteiger partial charge < -0.3 is 18.9 Å². The Morgan fingerprint density at radius 1 is 1.12 bits per heavy atom. The molecule has 1 heterocycles. The maximum absolute atomic E-state index is 13.4. The van der Waals surface area contributed by atoms with Gasteiger partial charge in [-0.2, -0.15) is 0 Å². The molecule has 0 aromatic heterocycles. The number of carbonyl (C=O) groups is 2. The fraction of sp³-hybridized carbons (Fsp3) is 0.292. The van der Waals surface area contributed by atoms with E-state index < -0.39 is 11.8 Å². The van der Waals surface area contributed by atoms with Crippen LogP contribution in [0.5, 0.6) is 23.0 Å². The summed E-state index contributed by atoms with van der Waals surface area (Å²) >= 11 is 7.45. The molecular formula is C24H25IN2O6S. The first-order chi connectivity index (χ1) is 16.2. The fourth-order valence-corrected chi connectivity index (χ4v) is 4.32. The van der Waals surface area contributed by atoms with Crippen LogP contribution in [-0.2, 0) is 9.59 Å². The Balaban J connectivity index is 2.06. The van der Waals surface area contributed by atoms with Crippen molar-refractivity contribution in [2.75, 3.05) is 25.7 Å². The summed E-state index contributed by atoms with van der Waals surface area (Å²) in [7, 11) is 3.00. The van der Waals surface area contributed by atoms with Gasteiger partial charge in [-0.3, -0.25) is 14.9 Å². The Bertz CT molecular complexity index is 1160. The number of thiocarbonyl (C=S) groups is 1. The molecule has 2 amide bonds. The summed E-state index contributed by atoms with van der Waals surface area (Å²) < 4.78 is 23.1. The number of ether oxygens (including phenoxy) is 4. The molecule has 34 heavy (non-hydrogen) atoms. The van der Waals surface area contributed by atoms with E-state index in [1.165, 1.54) is 25.2 Å². The fourth-order valence-electron chi connectivity index (χ4n) is 3.30. The summed E-state index contributed by atoms with van der Waals surface area (Å²) in [5, 5.41) is 2.54. The van der Waals surface area contributed by atoms with Crippen LogP contribution in [0.25, 0.3) is 6.08 Å². The predicted molar refractivity (Wildman–Crippen MR) is 142 cm³/mol. The van der Waals surface area contributed by atoms with Gasteiger partial charge in [-0.1, -0.05) is 0 Å². The van der Waals surface area contributed by atoms with Gasteiger partial charge in [0.05, 0.1) is 36.2 Å². The van der Waals surface area contributed by atoms with Crippen molar-refractivity contribution in [2.24, 2.45) is 0 Å². The van der Waals surface area contributed by atoms with E-state index in [-0.39, 0.29) is 16.8 Å². The second-order valence-corrected chi connectivity index (χ2v) is 8.97. The van der Waals surface area contributed by atoms with E-state index in [4.69, 9.17) is 31.2 Å². The summed E-state index contributed by atoms with van der Waals surface area (Å²) in [6.07, 6.45) is 1.46. The molecule has 1 saturated heterocycles. The van der Waals surface area contributed by atoms with Crippen molar-refractivity contribution in [3.63, 3.8) is 0 Å². The lowest BCUT2D eigenvalue weighted by Crippen LogP contribution is -2.54. The van der Waals surface area contributed by atoms with Gasteiger partial charge in [-0.05, 0) is 91.5 Å². The second-order valence-electron chi connectivity index (χ2n) is 7.43. The van der Waals surface area contributed by atoms with Crippen LogP contribution in [0.3, 0.4) is 0 Å². The molecule has 3 rings (SSSR count). The van der Waals surface area contributed by atoms with Crippen molar-refractivity contribution in [3.05, 3.63) is 45.0 Å². The highest BCUT2D eigenvalue weighted by Gasteiger charge is 2.36. The molecule has 2 aromatic rings. The lowest BCUT2D eigenvalue weighted by Gasteiger charge is -2.30. The Morgan fingerprint density at radius 2 is 1.85 bits per heavy atom. The lowest BCUT2D eigenvalue weighted by molar-refractivity contribution is -0.122. The number of rotatable bonds is 8. The molecule has 0 aliphatic carbocycles. The van der Waals surface area contributed by atoms with Crippen molar-refractivity contribution in [1.82, 2.24) is 5.32 Å². The van der Waals surface area contributed by atoms with E-state index in [9.17, 15) is 9.59 Å². The molecule has 1 fully saturated rings. The Labute approximate surface area is 217 Å². The van der Waals surface area contributed by atoms with Crippen LogP contribution < -0.4 is 29.2 Å². The standard InChI is InChI=1S/C24H25IN2O6S/c1-6-32-20-11-14(10-17(25)21(20)33-13(2)3)9-16-22(28)26-24(34)27(23(16)29)18-8-7-15(30-4)12-19(18)31-5/h7-13H,6H2,1-5H3,(H,26,28,34)/b16-9+. The topological polar surface area (TPSA) is 86.3 Å². The molecule has 0 unspecified atom stereocenters. The van der Waals surface area contributed by atoms with Crippen LogP contribution in [-0.4, -0.2) is 43.9 Å². The quantitative estimate of drug-likeness (QED) is 0.210. The second kappa shape index (κ2) is 11.0. The van der Waals surface area contributed by atoms with Gasteiger partial charge in [0.2, 0.25) is 0 Å². The monoisotopic (exact) mass is 596 g/mol. The molecule has 0 spiro atoms. The number of amides is 2. The van der Waals surface area contributed by atoms with Crippen molar-refractivity contribution in [2.45, 2.75) is 26.9 Å². The van der Waals surface area contributed by atoms with Crippen LogP contribution in [0.1, 0.15) is 26.3 Å². The summed E-state index contributed by atoms with van der Waals surface area (Å²) in [5.41, 5.74) is 0.911. The van der Waals surface area contributed by atoms with Crippen LogP contribution in [0.2, 0.25) is 0 Å². The molecule has 1 N–H and O–H groups in total. The smallest absolute Gasteiger partial charge is 0.270 e. The molecular weight excluding hydrogens is 571 g/mol. The molecule has 10 heteroatoms. The number of hydrogen-bond donors (Lipinski definition) is 1. The number of carbonyl (C=O) groups excluding carboxylic acids is 2. The molecule has 180 valence electrons. The first-order valence-electron chi connectivity index (χ1n) is 10.5. The van der Waals surface area contributed by atoms with E-state index in [0.29, 0.717) is 40.9 Å². The zero-order valence-corrected chi connectivity index (χ0v) is 22.4. The zero-order chi connectivity index (χ0) is 25.0. The van der Waals surface area contributed by atoms with Gasteiger partial charge in [-0.15, -0.1) is 0 Å². The number of hydrogen-bond acceptors (Lipinski definition) is 7. The molecule has 0 bridgehead atoms. The van der Waals surface area contributed by atoms with Crippen LogP contribution in [0.4, 0.5) is 5.69 Å². The van der Waals surface area contributed by atoms with Gasteiger partial charge in [0.25, 0.3) is 11.8 Å². The van der Waals surface area contributed by atoms with Crippen molar-refractivity contribution < 1.29 is 28.5 Å². The summed E-state index contributed by atoms with van der Waals surface area (Å²) in [4.78, 5) is 27.4. The highest BCUT2D eigenvalue weighted by atomic mass is 127. The van der Waals surface area contributed by atoms with E-state index in [0.717, 1.165) is 3.57 Å². The molecule has 8 nitrogen and oxygen atoms in total. The summed E-state index contributed by atoms with van der Waals surface area (Å²) in [6, 6.07) is 8.51. The number of anilines is 1. The third-order valence-electron chi connectivity index (χ3n) is 4.73. The predicted octanol–water partition coefficient (Wildman–Crippen LogP) is 4.33. The van der Waals surface area contributed by atoms with Crippen LogP contribution >= 0.6 is 34.8 Å². The Hall–Kier alpha value is -2.86. The molecule has 0 atom stereocenters. The Morgan fingerprint density at radius 3 is 2.47 bits per heavy atom. The highest BCUT2D eigenvalue weighted by molar-refractivity contribution is 14.1. The summed E-state index contributed by atoms with van der Waals surface area (Å²) in [5.74, 6) is 0.904. The molecule has 1 aliphatic rings. The van der Waals surface area contributed by atoms with E-state index >= 15 is 0 Å². The number of nitrogens with zero attached hydrogens (tertiary/aromatic N) is 1. The number of nitrogens with one attached hydrogen (secondary N) is 1. The number of methoxy groups -OCH3 is 2. The minimum atomic E-state index is -0.589. The van der Waals surface area contributed by atoms with Gasteiger partial charge in [0, 0.05) is 6.07 Å². The van der Waals surface area contributed by atoms with E-state index in [1.807, 2.05) is 26.8 Å². The van der Waals surface area contributed by atoms with Gasteiger partial charge in [0.15, 0.2) is 16.6 Å². The normalized spacial score (nSPS) is 15.0. The van der Waals surface area contributed by atoms with Gasteiger partial charge in [-0.25, -0.2) is 4.90 Å². The van der Waals surface area contributed by atoms with Gasteiger partial charge in [0.1, 0.15) is 17.1 Å². The largest absolute Gasteiger partial charge is 0.497 e. The maximum Gasteiger partial charge on any atom is 0.270 e. The molecule has 2 aromatic carbocycles. The average molecular weight is 596 g/mol. The molecule has 0 saturated carbocycles.